The molecule has 0 aliphatic rings. The van der Waals surface area contributed by atoms with E-state index in [-0.39, 0.29) is 16.4 Å². The minimum absolute atomic E-state index is 0.173. The molecule has 1 heterocycles. The number of aromatic nitrogens is 1. The third-order valence-electron chi connectivity index (χ3n) is 2.81. The number of carboxylic acids is 1. The van der Waals surface area contributed by atoms with Gasteiger partial charge in [0, 0.05) is 19.7 Å². The van der Waals surface area contributed by atoms with Crippen LogP contribution in [0, 0.1) is 6.92 Å². The largest absolute Gasteiger partial charge is 0.476 e. The van der Waals surface area contributed by atoms with E-state index >= 15 is 0 Å². The van der Waals surface area contributed by atoms with Crippen molar-refractivity contribution in [3.8, 4) is 0 Å². The van der Waals surface area contributed by atoms with Crippen LogP contribution < -0.4 is 4.90 Å². The van der Waals surface area contributed by atoms with Crippen LogP contribution in [-0.2, 0) is 0 Å². The van der Waals surface area contributed by atoms with Crippen LogP contribution >= 0.6 is 11.3 Å². The maximum Gasteiger partial charge on any atom is 0.356 e. The van der Waals surface area contributed by atoms with Gasteiger partial charge in [-0.25, -0.2) is 9.78 Å². The molecule has 104 valence electrons. The van der Waals surface area contributed by atoms with Crippen LogP contribution in [0.15, 0.2) is 24.3 Å². The molecular formula is C14H14N2O3S. The molecule has 2 aromatic rings. The number of carbonyl (C=O) groups is 2. The molecule has 0 spiro atoms. The third-order valence-corrected chi connectivity index (χ3v) is 4.05. The summed E-state index contributed by atoms with van der Waals surface area (Å²) in [7, 11) is 1.79. The van der Waals surface area contributed by atoms with Gasteiger partial charge in [-0.3, -0.25) is 4.79 Å². The molecule has 0 bridgehead atoms. The van der Waals surface area contributed by atoms with Gasteiger partial charge in [0.05, 0.1) is 0 Å². The van der Waals surface area contributed by atoms with E-state index in [4.69, 9.17) is 5.11 Å². The first-order valence-corrected chi connectivity index (χ1v) is 6.77. The van der Waals surface area contributed by atoms with Gasteiger partial charge in [0.2, 0.25) is 0 Å². The number of anilines is 2. The van der Waals surface area contributed by atoms with E-state index in [2.05, 4.69) is 4.98 Å². The summed E-state index contributed by atoms with van der Waals surface area (Å²) < 4.78 is 0. The van der Waals surface area contributed by atoms with E-state index in [9.17, 15) is 9.59 Å². The smallest absolute Gasteiger partial charge is 0.356 e. The molecule has 0 aliphatic carbocycles. The topological polar surface area (TPSA) is 70.5 Å². The Kier molecular flexibility index (Phi) is 3.85. The van der Waals surface area contributed by atoms with Crippen LogP contribution in [0.5, 0.6) is 0 Å². The van der Waals surface area contributed by atoms with E-state index in [1.165, 1.54) is 6.92 Å². The van der Waals surface area contributed by atoms with E-state index in [0.717, 1.165) is 22.6 Å². The molecule has 0 saturated heterocycles. The van der Waals surface area contributed by atoms with E-state index in [1.54, 1.807) is 11.9 Å². The molecule has 0 radical (unpaired) electrons. The zero-order valence-electron chi connectivity index (χ0n) is 11.4. The zero-order valence-corrected chi connectivity index (χ0v) is 12.2. The van der Waals surface area contributed by atoms with Crippen molar-refractivity contribution >= 4 is 33.9 Å². The lowest BCUT2D eigenvalue weighted by Gasteiger charge is -2.16. The third kappa shape index (κ3) is 2.70. The first kappa shape index (κ1) is 14.2. The van der Waals surface area contributed by atoms with Gasteiger partial charge in [0.25, 0.3) is 0 Å². The second kappa shape index (κ2) is 5.42. The van der Waals surface area contributed by atoms with Crippen molar-refractivity contribution in [3.63, 3.8) is 0 Å². The fourth-order valence-electron chi connectivity index (χ4n) is 1.78. The zero-order chi connectivity index (χ0) is 14.9. The first-order valence-electron chi connectivity index (χ1n) is 5.95. The van der Waals surface area contributed by atoms with Gasteiger partial charge in [0.1, 0.15) is 4.88 Å². The van der Waals surface area contributed by atoms with Crippen LogP contribution in [0.25, 0.3) is 0 Å². The highest BCUT2D eigenvalue weighted by Gasteiger charge is 2.22. The predicted octanol–water partition coefficient (Wildman–Crippen LogP) is 3.12. The molecule has 0 amide bonds. The van der Waals surface area contributed by atoms with Crippen molar-refractivity contribution in [1.82, 2.24) is 4.98 Å². The number of Topliss-reactive ketones (excluding diaryl/α,β-unsaturated/α-hetero) is 1. The fourth-order valence-corrected chi connectivity index (χ4v) is 2.72. The number of aromatic carboxylic acids is 1. The number of hydrogen-bond acceptors (Lipinski definition) is 5. The Bertz CT molecular complexity index is 647. The number of ketones is 1. The Hall–Kier alpha value is -2.21. The maximum atomic E-state index is 11.5. The van der Waals surface area contributed by atoms with Gasteiger partial charge in [-0.15, -0.1) is 0 Å². The fraction of sp³-hybridized carbons (Fsp3) is 0.214. The summed E-state index contributed by atoms with van der Waals surface area (Å²) in [6.07, 6.45) is 0. The normalized spacial score (nSPS) is 10.3. The lowest BCUT2D eigenvalue weighted by Crippen LogP contribution is -2.10. The molecule has 2 rings (SSSR count). The summed E-state index contributed by atoms with van der Waals surface area (Å²) in [5.74, 6) is -1.47. The van der Waals surface area contributed by atoms with Gasteiger partial charge >= 0.3 is 5.97 Å². The summed E-state index contributed by atoms with van der Waals surface area (Å²) in [5.41, 5.74) is 1.80. The quantitative estimate of drug-likeness (QED) is 0.876. The molecule has 0 unspecified atom stereocenters. The number of nitrogens with zero attached hydrogens (tertiary/aromatic N) is 2. The predicted molar refractivity (Wildman–Crippen MR) is 78.3 cm³/mol. The average Bonchev–Trinajstić information content (AvgIpc) is 2.83. The molecular weight excluding hydrogens is 276 g/mol. The van der Waals surface area contributed by atoms with Gasteiger partial charge in [-0.05, 0) is 24.6 Å². The van der Waals surface area contributed by atoms with Gasteiger partial charge in [0.15, 0.2) is 16.6 Å². The highest BCUT2D eigenvalue weighted by molar-refractivity contribution is 7.17. The second-order valence-corrected chi connectivity index (χ2v) is 5.41. The Labute approximate surface area is 120 Å². The minimum atomic E-state index is -1.18. The second-order valence-electron chi connectivity index (χ2n) is 4.43. The number of rotatable bonds is 4. The summed E-state index contributed by atoms with van der Waals surface area (Å²) >= 11 is 1.09. The Morgan fingerprint density at radius 2 is 2.05 bits per heavy atom. The maximum absolute atomic E-state index is 11.5. The molecule has 0 saturated carbocycles. The molecule has 0 aliphatic heterocycles. The van der Waals surface area contributed by atoms with Crippen molar-refractivity contribution in [3.05, 3.63) is 40.4 Å². The van der Waals surface area contributed by atoms with Crippen LogP contribution in [0.1, 0.15) is 32.6 Å². The minimum Gasteiger partial charge on any atom is -0.476 e. The average molecular weight is 290 g/mol. The van der Waals surface area contributed by atoms with Crippen molar-refractivity contribution in [2.45, 2.75) is 13.8 Å². The number of carboxylic acid groups (broad SMARTS) is 1. The molecule has 0 atom stereocenters. The molecule has 6 heteroatoms. The number of hydrogen-bond donors (Lipinski definition) is 1. The van der Waals surface area contributed by atoms with Crippen LogP contribution in [-0.4, -0.2) is 28.9 Å². The molecule has 5 nitrogen and oxygen atoms in total. The summed E-state index contributed by atoms with van der Waals surface area (Å²) in [6, 6.07) is 7.76. The lowest BCUT2D eigenvalue weighted by molar-refractivity contribution is 0.0687. The van der Waals surface area contributed by atoms with E-state index in [0.29, 0.717) is 5.13 Å². The Morgan fingerprint density at radius 1 is 1.35 bits per heavy atom. The molecule has 1 N–H and O–H groups in total. The van der Waals surface area contributed by atoms with Gasteiger partial charge in [-0.2, -0.15) is 0 Å². The molecule has 20 heavy (non-hydrogen) atoms. The summed E-state index contributed by atoms with van der Waals surface area (Å²) in [5, 5.41) is 9.58. The van der Waals surface area contributed by atoms with Crippen LogP contribution in [0.2, 0.25) is 0 Å². The summed E-state index contributed by atoms with van der Waals surface area (Å²) in [6.45, 7) is 3.32. The number of benzene rings is 1. The van der Waals surface area contributed by atoms with Crippen molar-refractivity contribution in [2.24, 2.45) is 0 Å². The lowest BCUT2D eigenvalue weighted by atomic mass is 10.2. The highest BCUT2D eigenvalue weighted by atomic mass is 32.1. The highest BCUT2D eigenvalue weighted by Crippen LogP contribution is 2.31. The molecule has 1 aromatic heterocycles. The van der Waals surface area contributed by atoms with Crippen molar-refractivity contribution < 1.29 is 14.7 Å². The van der Waals surface area contributed by atoms with E-state index < -0.39 is 5.97 Å². The standard InChI is InChI=1S/C14H14N2O3S/c1-8-5-4-6-10(7-8)16(3)14-15-11(13(18)19)12(20-14)9(2)17/h4-7H,1-3H3,(H,18,19). The van der Waals surface area contributed by atoms with Gasteiger partial charge in [-0.1, -0.05) is 23.5 Å². The summed E-state index contributed by atoms with van der Waals surface area (Å²) in [4.78, 5) is 28.6. The van der Waals surface area contributed by atoms with E-state index in [1.807, 2.05) is 31.2 Å². The molecule has 0 fully saturated rings. The monoisotopic (exact) mass is 290 g/mol. The van der Waals surface area contributed by atoms with Crippen LogP contribution in [0.3, 0.4) is 0 Å². The Morgan fingerprint density at radius 3 is 2.55 bits per heavy atom. The van der Waals surface area contributed by atoms with Crippen LogP contribution in [0.4, 0.5) is 10.8 Å². The van der Waals surface area contributed by atoms with Crippen molar-refractivity contribution in [2.75, 3.05) is 11.9 Å². The number of thiazole rings is 1. The first-order chi connectivity index (χ1) is 9.40. The number of carbonyl (C=O) groups excluding carboxylic acids is 1. The SMILES string of the molecule is CC(=O)c1sc(N(C)c2cccc(C)c2)nc1C(=O)O. The van der Waals surface area contributed by atoms with Crippen molar-refractivity contribution in [1.29, 1.82) is 0 Å². The van der Waals surface area contributed by atoms with Gasteiger partial charge < -0.3 is 10.0 Å². The number of aryl methyl sites for hydroxylation is 1. The Balaban J connectivity index is 2.45. The molecule has 1 aromatic carbocycles.